The third-order valence-electron chi connectivity index (χ3n) is 1.93. The lowest BCUT2D eigenvalue weighted by Gasteiger charge is -2.20. The Labute approximate surface area is 92.9 Å². The minimum atomic E-state index is -4.30. The smallest absolute Gasteiger partial charge is 0.322 e. The van der Waals surface area contributed by atoms with Crippen LogP contribution in [0.15, 0.2) is 24.3 Å². The quantitative estimate of drug-likeness (QED) is 0.799. The number of rotatable bonds is 1. The van der Waals surface area contributed by atoms with Gasteiger partial charge in [0.15, 0.2) is 0 Å². The molecule has 86 valence electrons. The Bertz CT molecular complexity index is 299. The maximum atomic E-state index is 12.3. The van der Waals surface area contributed by atoms with Gasteiger partial charge in [0.1, 0.15) is 0 Å². The van der Waals surface area contributed by atoms with Gasteiger partial charge in [-0.05, 0) is 31.5 Å². The Morgan fingerprint density at radius 1 is 1.07 bits per heavy atom. The number of nitrogens with two attached hydrogens (primary N) is 1. The van der Waals surface area contributed by atoms with E-state index < -0.39 is 17.3 Å². The molecular formula is C10H13ClF3N. The molecule has 0 radical (unpaired) electrons. The minimum absolute atomic E-state index is 0. The number of hydrogen-bond acceptors (Lipinski definition) is 1. The van der Waals surface area contributed by atoms with Crippen LogP contribution in [0.4, 0.5) is 13.2 Å². The summed E-state index contributed by atoms with van der Waals surface area (Å²) >= 11 is 0. The molecule has 0 amide bonds. The van der Waals surface area contributed by atoms with Crippen molar-refractivity contribution >= 4 is 12.4 Å². The minimum Gasteiger partial charge on any atom is -0.322 e. The summed E-state index contributed by atoms with van der Waals surface area (Å²) < 4.78 is 36.9. The van der Waals surface area contributed by atoms with Crippen LogP contribution in [-0.4, -0.2) is 0 Å². The molecule has 0 aliphatic rings. The molecule has 0 atom stereocenters. The predicted molar refractivity (Wildman–Crippen MR) is 55.9 cm³/mol. The van der Waals surface area contributed by atoms with Gasteiger partial charge in [-0.1, -0.05) is 12.1 Å². The van der Waals surface area contributed by atoms with Gasteiger partial charge in [-0.15, -0.1) is 12.4 Å². The second kappa shape index (κ2) is 4.41. The largest absolute Gasteiger partial charge is 0.416 e. The molecule has 1 aromatic rings. The topological polar surface area (TPSA) is 26.0 Å². The van der Waals surface area contributed by atoms with E-state index in [1.807, 2.05) is 0 Å². The van der Waals surface area contributed by atoms with Crippen molar-refractivity contribution in [3.05, 3.63) is 35.4 Å². The molecule has 1 nitrogen and oxygen atoms in total. The van der Waals surface area contributed by atoms with Gasteiger partial charge < -0.3 is 5.73 Å². The lowest BCUT2D eigenvalue weighted by Crippen LogP contribution is -2.28. The molecule has 0 heterocycles. The van der Waals surface area contributed by atoms with Crippen LogP contribution < -0.4 is 5.73 Å². The Hall–Kier alpha value is -0.740. The highest BCUT2D eigenvalue weighted by Crippen LogP contribution is 2.31. The van der Waals surface area contributed by atoms with Crippen molar-refractivity contribution in [3.63, 3.8) is 0 Å². The van der Waals surface area contributed by atoms with E-state index in [4.69, 9.17) is 5.73 Å². The second-order valence-electron chi connectivity index (χ2n) is 3.80. The van der Waals surface area contributed by atoms with Gasteiger partial charge >= 0.3 is 6.18 Å². The highest BCUT2D eigenvalue weighted by Gasteiger charge is 2.31. The molecule has 0 bridgehead atoms. The van der Waals surface area contributed by atoms with Crippen molar-refractivity contribution in [2.45, 2.75) is 25.6 Å². The van der Waals surface area contributed by atoms with Crippen LogP contribution in [0.1, 0.15) is 25.0 Å². The Balaban J connectivity index is 0.00000196. The highest BCUT2D eigenvalue weighted by molar-refractivity contribution is 5.85. The third kappa shape index (κ3) is 3.72. The van der Waals surface area contributed by atoms with Crippen LogP contribution in [-0.2, 0) is 11.7 Å². The molecule has 1 aromatic carbocycles. The van der Waals surface area contributed by atoms with Crippen LogP contribution >= 0.6 is 12.4 Å². The van der Waals surface area contributed by atoms with Gasteiger partial charge in [0.25, 0.3) is 0 Å². The van der Waals surface area contributed by atoms with E-state index in [0.29, 0.717) is 5.56 Å². The summed E-state index contributed by atoms with van der Waals surface area (Å²) in [6, 6.07) is 5.08. The van der Waals surface area contributed by atoms with E-state index >= 15 is 0 Å². The van der Waals surface area contributed by atoms with Crippen molar-refractivity contribution in [1.82, 2.24) is 0 Å². The molecule has 1 rings (SSSR count). The van der Waals surface area contributed by atoms with Crippen LogP contribution in [0.5, 0.6) is 0 Å². The number of alkyl halides is 3. The van der Waals surface area contributed by atoms with Crippen LogP contribution in [0.3, 0.4) is 0 Å². The maximum absolute atomic E-state index is 12.3. The fraction of sp³-hybridized carbons (Fsp3) is 0.400. The second-order valence-corrected chi connectivity index (χ2v) is 3.80. The third-order valence-corrected chi connectivity index (χ3v) is 1.93. The van der Waals surface area contributed by atoms with Crippen molar-refractivity contribution < 1.29 is 13.2 Å². The van der Waals surface area contributed by atoms with Crippen LogP contribution in [0.2, 0.25) is 0 Å². The normalized spacial score (nSPS) is 12.1. The van der Waals surface area contributed by atoms with E-state index in [-0.39, 0.29) is 12.4 Å². The summed E-state index contributed by atoms with van der Waals surface area (Å²) in [4.78, 5) is 0. The molecule has 0 spiro atoms. The van der Waals surface area contributed by atoms with Gasteiger partial charge in [0.05, 0.1) is 5.56 Å². The lowest BCUT2D eigenvalue weighted by atomic mass is 9.94. The molecule has 5 heteroatoms. The SMILES string of the molecule is CC(C)(N)c1cccc(C(F)(F)F)c1.Cl. The molecule has 0 fully saturated rings. The first-order valence-electron chi connectivity index (χ1n) is 4.18. The zero-order chi connectivity index (χ0) is 11.0. The van der Waals surface area contributed by atoms with Crippen molar-refractivity contribution in [2.24, 2.45) is 5.73 Å². The Morgan fingerprint density at radius 2 is 1.53 bits per heavy atom. The van der Waals surface area contributed by atoms with Crippen molar-refractivity contribution in [1.29, 1.82) is 0 Å². The van der Waals surface area contributed by atoms with E-state index in [1.54, 1.807) is 19.9 Å². The van der Waals surface area contributed by atoms with Gasteiger partial charge in [0.2, 0.25) is 0 Å². The molecule has 2 N–H and O–H groups in total. The standard InChI is InChI=1S/C10H12F3N.ClH/c1-9(2,14)7-4-3-5-8(6-7)10(11,12)13;/h3-6H,14H2,1-2H3;1H. The maximum Gasteiger partial charge on any atom is 0.416 e. The van der Waals surface area contributed by atoms with Gasteiger partial charge in [-0.2, -0.15) is 13.2 Å². The first kappa shape index (κ1) is 14.3. The number of benzene rings is 1. The molecule has 0 aromatic heterocycles. The van der Waals surface area contributed by atoms with Crippen molar-refractivity contribution in [2.75, 3.05) is 0 Å². The summed E-state index contributed by atoms with van der Waals surface area (Å²) in [5.41, 5.74) is 4.77. The summed E-state index contributed by atoms with van der Waals surface area (Å²) in [5.74, 6) is 0. The van der Waals surface area contributed by atoms with E-state index in [9.17, 15) is 13.2 Å². The average Bonchev–Trinajstić information content (AvgIpc) is 2.01. The lowest BCUT2D eigenvalue weighted by molar-refractivity contribution is -0.137. The monoisotopic (exact) mass is 239 g/mol. The summed E-state index contributed by atoms with van der Waals surface area (Å²) in [6.45, 7) is 3.34. The van der Waals surface area contributed by atoms with Crippen molar-refractivity contribution in [3.8, 4) is 0 Å². The average molecular weight is 240 g/mol. The van der Waals surface area contributed by atoms with Gasteiger partial charge in [0, 0.05) is 5.54 Å². The first-order valence-corrected chi connectivity index (χ1v) is 4.18. The zero-order valence-electron chi connectivity index (χ0n) is 8.43. The number of hydrogen-bond donors (Lipinski definition) is 1. The molecule has 0 saturated heterocycles. The van der Waals surface area contributed by atoms with E-state index in [0.717, 1.165) is 12.1 Å². The predicted octanol–water partition coefficient (Wildman–Crippen LogP) is 3.32. The van der Waals surface area contributed by atoms with Gasteiger partial charge in [-0.25, -0.2) is 0 Å². The molecular weight excluding hydrogens is 227 g/mol. The zero-order valence-corrected chi connectivity index (χ0v) is 9.25. The Kier molecular flexibility index (Phi) is 4.19. The molecule has 0 aliphatic heterocycles. The molecule has 0 unspecified atom stereocenters. The summed E-state index contributed by atoms with van der Waals surface area (Å²) in [5, 5.41) is 0. The van der Waals surface area contributed by atoms with Crippen LogP contribution in [0, 0.1) is 0 Å². The van der Waals surface area contributed by atoms with Gasteiger partial charge in [-0.3, -0.25) is 0 Å². The molecule has 15 heavy (non-hydrogen) atoms. The first-order chi connectivity index (χ1) is 6.21. The summed E-state index contributed by atoms with van der Waals surface area (Å²) in [6.07, 6.45) is -4.30. The highest BCUT2D eigenvalue weighted by atomic mass is 35.5. The fourth-order valence-corrected chi connectivity index (χ4v) is 1.10. The Morgan fingerprint density at radius 3 is 1.93 bits per heavy atom. The number of halogens is 4. The van der Waals surface area contributed by atoms with E-state index in [1.165, 1.54) is 6.07 Å². The fourth-order valence-electron chi connectivity index (χ4n) is 1.10. The molecule has 0 aliphatic carbocycles. The van der Waals surface area contributed by atoms with Crippen LogP contribution in [0.25, 0.3) is 0 Å². The summed E-state index contributed by atoms with van der Waals surface area (Å²) in [7, 11) is 0. The van der Waals surface area contributed by atoms with E-state index in [2.05, 4.69) is 0 Å². The molecule has 0 saturated carbocycles.